The molecule has 22 heavy (non-hydrogen) atoms. The van der Waals surface area contributed by atoms with Gasteiger partial charge in [0.25, 0.3) is 0 Å². The number of carbonyl (C=O) groups excluding carboxylic acids is 1. The normalized spacial score (nSPS) is 12.2. The second-order valence-corrected chi connectivity index (χ2v) is 6.75. The Morgan fingerprint density at radius 3 is 3.05 bits per heavy atom. The van der Waals surface area contributed by atoms with Crippen molar-refractivity contribution in [3.8, 4) is 6.07 Å². The summed E-state index contributed by atoms with van der Waals surface area (Å²) in [4.78, 5) is 19.9. The molecule has 1 N–H and O–H groups in total. The van der Waals surface area contributed by atoms with Crippen LogP contribution in [0.5, 0.6) is 0 Å². The fraction of sp³-hybridized carbons (Fsp3) is 0.188. The zero-order valence-corrected chi connectivity index (χ0v) is 14.2. The van der Waals surface area contributed by atoms with Crippen LogP contribution in [0.1, 0.15) is 22.2 Å². The van der Waals surface area contributed by atoms with E-state index in [4.69, 9.17) is 0 Å². The van der Waals surface area contributed by atoms with E-state index in [1.54, 1.807) is 0 Å². The molecule has 2 heterocycles. The molecule has 0 amide bonds. The van der Waals surface area contributed by atoms with Gasteiger partial charge >= 0.3 is 0 Å². The summed E-state index contributed by atoms with van der Waals surface area (Å²) in [6.07, 6.45) is 2.04. The molecule has 110 valence electrons. The highest BCUT2D eigenvalue weighted by Gasteiger charge is 2.24. The van der Waals surface area contributed by atoms with Crippen LogP contribution in [0.4, 0.5) is 0 Å². The number of fused-ring (bicyclic) bond motifs is 1. The predicted molar refractivity (Wildman–Crippen MR) is 89.9 cm³/mol. The molecular weight excluding hydrogens is 362 g/mol. The minimum atomic E-state index is -0.800. The van der Waals surface area contributed by atoms with Gasteiger partial charge < -0.3 is 4.98 Å². The van der Waals surface area contributed by atoms with E-state index in [1.807, 2.05) is 36.7 Å². The molecule has 4 nitrogen and oxygen atoms in total. The van der Waals surface area contributed by atoms with E-state index in [-0.39, 0.29) is 12.2 Å². The molecule has 6 heteroatoms. The van der Waals surface area contributed by atoms with Gasteiger partial charge in [-0.2, -0.15) is 5.26 Å². The van der Waals surface area contributed by atoms with Crippen LogP contribution >= 0.6 is 27.3 Å². The third kappa shape index (κ3) is 2.70. The molecule has 0 fully saturated rings. The highest BCUT2D eigenvalue weighted by molar-refractivity contribution is 9.10. The number of ketones is 1. The summed E-state index contributed by atoms with van der Waals surface area (Å²) in [7, 11) is 0. The molecule has 0 bridgehead atoms. The number of benzene rings is 1. The number of hydrogen-bond acceptors (Lipinski definition) is 4. The van der Waals surface area contributed by atoms with Crippen LogP contribution < -0.4 is 0 Å². The van der Waals surface area contributed by atoms with Crippen LogP contribution in [0.15, 0.2) is 34.2 Å². The van der Waals surface area contributed by atoms with Crippen molar-refractivity contribution in [3.63, 3.8) is 0 Å². The minimum absolute atomic E-state index is 0.131. The molecule has 3 rings (SSSR count). The van der Waals surface area contributed by atoms with Crippen molar-refractivity contribution in [1.82, 2.24) is 9.97 Å². The van der Waals surface area contributed by atoms with Crippen molar-refractivity contribution in [1.29, 1.82) is 5.26 Å². The molecular formula is C16H12BrN3OS. The Morgan fingerprint density at radius 1 is 1.55 bits per heavy atom. The first-order valence-electron chi connectivity index (χ1n) is 6.69. The number of hydrogen-bond donors (Lipinski definition) is 1. The van der Waals surface area contributed by atoms with Crippen LogP contribution in [0.25, 0.3) is 10.9 Å². The molecule has 0 radical (unpaired) electrons. The van der Waals surface area contributed by atoms with Gasteiger partial charge in [0.1, 0.15) is 5.01 Å². The van der Waals surface area contributed by atoms with Crippen molar-refractivity contribution in [2.24, 2.45) is 0 Å². The van der Waals surface area contributed by atoms with E-state index in [0.717, 1.165) is 26.6 Å². The minimum Gasteiger partial charge on any atom is -0.361 e. The molecule has 0 aliphatic carbocycles. The average Bonchev–Trinajstić information content (AvgIpc) is 3.08. The molecule has 1 aromatic carbocycles. The van der Waals surface area contributed by atoms with Crippen LogP contribution in [0, 0.1) is 18.3 Å². The zero-order valence-electron chi connectivity index (χ0n) is 11.8. The number of thiazole rings is 1. The predicted octanol–water partition coefficient (Wildman–Crippen LogP) is 4.11. The standard InChI is InChI=1S/C16H12BrN3OS/c1-9-8-22-16(20-9)11(6-18)14(21)5-10-7-19-13-4-2-3-12(17)15(10)13/h2-4,7-8,11,19H,5H2,1H3/t11-/m0/s1. The smallest absolute Gasteiger partial charge is 0.161 e. The van der Waals surface area contributed by atoms with Crippen LogP contribution in [-0.2, 0) is 11.2 Å². The number of halogens is 1. The summed E-state index contributed by atoms with van der Waals surface area (Å²) in [5, 5.41) is 12.8. The Hall–Kier alpha value is -1.97. The second-order valence-electron chi connectivity index (χ2n) is 5.01. The zero-order chi connectivity index (χ0) is 15.7. The van der Waals surface area contributed by atoms with Crippen molar-refractivity contribution >= 4 is 44.0 Å². The topological polar surface area (TPSA) is 69.5 Å². The number of nitriles is 1. The highest BCUT2D eigenvalue weighted by atomic mass is 79.9. The number of aromatic nitrogens is 2. The summed E-state index contributed by atoms with van der Waals surface area (Å²) in [5.74, 6) is -0.931. The van der Waals surface area contributed by atoms with Gasteiger partial charge in [-0.05, 0) is 24.6 Å². The van der Waals surface area contributed by atoms with E-state index < -0.39 is 5.92 Å². The van der Waals surface area contributed by atoms with E-state index in [9.17, 15) is 10.1 Å². The summed E-state index contributed by atoms with van der Waals surface area (Å²) in [6.45, 7) is 1.86. The van der Waals surface area contributed by atoms with Crippen LogP contribution in [0.3, 0.4) is 0 Å². The number of nitrogens with one attached hydrogen (secondary N) is 1. The average molecular weight is 374 g/mol. The number of nitrogens with zero attached hydrogens (tertiary/aromatic N) is 2. The Kier molecular flexibility index (Phi) is 4.10. The lowest BCUT2D eigenvalue weighted by Gasteiger charge is -2.05. The maximum atomic E-state index is 12.5. The second kappa shape index (κ2) is 6.03. The first kappa shape index (κ1) is 14.9. The number of aryl methyl sites for hydroxylation is 1. The lowest BCUT2D eigenvalue weighted by molar-refractivity contribution is -0.118. The Morgan fingerprint density at radius 2 is 2.36 bits per heavy atom. The maximum absolute atomic E-state index is 12.5. The molecule has 0 aliphatic heterocycles. The number of aromatic amines is 1. The molecule has 0 aliphatic rings. The Labute approximate surface area is 139 Å². The lowest BCUT2D eigenvalue weighted by Crippen LogP contribution is -2.13. The largest absolute Gasteiger partial charge is 0.361 e. The molecule has 3 aromatic rings. The molecule has 0 unspecified atom stereocenters. The van der Waals surface area contributed by atoms with Crippen molar-refractivity contribution in [2.45, 2.75) is 19.3 Å². The fourth-order valence-electron chi connectivity index (χ4n) is 2.41. The van der Waals surface area contributed by atoms with Crippen molar-refractivity contribution in [3.05, 3.63) is 50.5 Å². The van der Waals surface area contributed by atoms with Gasteiger partial charge in [0.15, 0.2) is 11.7 Å². The third-order valence-corrected chi connectivity index (χ3v) is 5.12. The van der Waals surface area contributed by atoms with Crippen LogP contribution in [0.2, 0.25) is 0 Å². The first-order valence-corrected chi connectivity index (χ1v) is 8.36. The van der Waals surface area contributed by atoms with E-state index in [0.29, 0.717) is 5.01 Å². The Balaban J connectivity index is 1.91. The number of rotatable bonds is 4. The van der Waals surface area contributed by atoms with Gasteiger partial charge in [-0.15, -0.1) is 11.3 Å². The van der Waals surface area contributed by atoms with Crippen molar-refractivity contribution in [2.75, 3.05) is 0 Å². The van der Waals surface area contributed by atoms with Gasteiger partial charge in [-0.3, -0.25) is 4.79 Å². The summed E-state index contributed by atoms with van der Waals surface area (Å²) < 4.78 is 0.938. The summed E-state index contributed by atoms with van der Waals surface area (Å²) >= 11 is 4.87. The van der Waals surface area contributed by atoms with Gasteiger partial charge in [0, 0.05) is 39.1 Å². The first-order chi connectivity index (χ1) is 10.6. The highest BCUT2D eigenvalue weighted by Crippen LogP contribution is 2.29. The molecule has 2 aromatic heterocycles. The van der Waals surface area contributed by atoms with E-state index >= 15 is 0 Å². The molecule has 0 spiro atoms. The Bertz CT molecular complexity index is 890. The quantitative estimate of drug-likeness (QED) is 0.747. The number of Topliss-reactive ketones (excluding diaryl/α,β-unsaturated/α-hetero) is 1. The number of H-pyrrole nitrogens is 1. The summed E-state index contributed by atoms with van der Waals surface area (Å²) in [6, 6.07) is 7.92. The van der Waals surface area contributed by atoms with E-state index in [2.05, 4.69) is 32.0 Å². The maximum Gasteiger partial charge on any atom is 0.161 e. The molecule has 0 saturated carbocycles. The van der Waals surface area contributed by atoms with Gasteiger partial charge in [0.2, 0.25) is 0 Å². The van der Waals surface area contributed by atoms with Gasteiger partial charge in [-0.25, -0.2) is 4.98 Å². The number of carbonyl (C=O) groups is 1. The monoisotopic (exact) mass is 373 g/mol. The third-order valence-electron chi connectivity index (χ3n) is 3.44. The SMILES string of the molecule is Cc1csc([C@@H](C#N)C(=O)Cc2c[nH]c3cccc(Br)c23)n1. The van der Waals surface area contributed by atoms with Crippen molar-refractivity contribution < 1.29 is 4.79 Å². The lowest BCUT2D eigenvalue weighted by atomic mass is 9.99. The van der Waals surface area contributed by atoms with Crippen LogP contribution in [-0.4, -0.2) is 15.8 Å². The van der Waals surface area contributed by atoms with E-state index in [1.165, 1.54) is 11.3 Å². The van der Waals surface area contributed by atoms with Gasteiger partial charge in [-0.1, -0.05) is 22.0 Å². The molecule has 0 saturated heterocycles. The summed E-state index contributed by atoms with van der Waals surface area (Å²) in [5.41, 5.74) is 2.69. The fourth-order valence-corrected chi connectivity index (χ4v) is 3.89. The molecule has 1 atom stereocenters. The van der Waals surface area contributed by atoms with Gasteiger partial charge in [0.05, 0.1) is 6.07 Å².